The average Bonchev–Trinajstić information content (AvgIpc) is 2.75. The molecule has 0 saturated heterocycles. The van der Waals surface area contributed by atoms with Crippen molar-refractivity contribution in [2.75, 3.05) is 49.2 Å². The fourth-order valence-electron chi connectivity index (χ4n) is 3.07. The molecule has 0 fully saturated rings. The van der Waals surface area contributed by atoms with Crippen molar-refractivity contribution in [3.8, 4) is 11.5 Å². The third kappa shape index (κ3) is 15.3. The van der Waals surface area contributed by atoms with Crippen molar-refractivity contribution < 1.29 is 167 Å². The molecule has 12 nitrogen and oxygen atoms in total. The van der Waals surface area contributed by atoms with E-state index in [4.69, 9.17) is 19.7 Å². The molecule has 2 aromatic carbocycles. The van der Waals surface area contributed by atoms with E-state index < -0.39 is 50.1 Å². The van der Waals surface area contributed by atoms with Crippen LogP contribution in [0.4, 0.5) is 11.4 Å². The summed E-state index contributed by atoms with van der Waals surface area (Å²) in [4.78, 5) is 46.4. The van der Waals surface area contributed by atoms with Gasteiger partial charge in [0.15, 0.2) is 0 Å². The van der Waals surface area contributed by atoms with Crippen molar-refractivity contribution in [3.63, 3.8) is 0 Å². The summed E-state index contributed by atoms with van der Waals surface area (Å²) in [7, 11) is 0. The van der Waals surface area contributed by atoms with E-state index in [-0.39, 0.29) is 154 Å². The van der Waals surface area contributed by atoms with E-state index in [0.717, 1.165) is 9.80 Å². The number of anilines is 2. The van der Waals surface area contributed by atoms with Crippen LogP contribution in [0, 0.1) is 0 Å². The summed E-state index contributed by atoms with van der Waals surface area (Å²) in [6, 6.07) is 12.5. The molecule has 16 heteroatoms. The van der Waals surface area contributed by atoms with E-state index in [1.54, 1.807) is 24.3 Å². The molecule has 0 amide bonds. The fraction of sp³-hybridized carbons (Fsp3) is 0.273. The van der Waals surface area contributed by atoms with E-state index in [0.29, 0.717) is 0 Å². The third-order valence-corrected chi connectivity index (χ3v) is 4.30. The number of carbonyl (C=O) groups excluding carboxylic acids is 2. The summed E-state index contributed by atoms with van der Waals surface area (Å²) in [6.45, 7) is -2.58. The molecule has 0 bridgehead atoms. The minimum Gasteiger partial charge on any atom is -0.548 e. The molecule has 0 heterocycles. The van der Waals surface area contributed by atoms with E-state index >= 15 is 0 Å². The molecule has 0 unspecified atom stereocenters. The van der Waals surface area contributed by atoms with Gasteiger partial charge in [-0.15, -0.1) is 0 Å². The second-order valence-electron chi connectivity index (χ2n) is 6.88. The average molecular weight is 566 g/mol. The predicted octanol–water partition coefficient (Wildman–Crippen LogP) is -13.6. The fourth-order valence-corrected chi connectivity index (χ4v) is 3.07. The van der Waals surface area contributed by atoms with Crippen LogP contribution < -0.4 is 148 Å². The van der Waals surface area contributed by atoms with Gasteiger partial charge in [0.25, 0.3) is 0 Å². The summed E-state index contributed by atoms with van der Waals surface area (Å²) >= 11 is 0. The van der Waals surface area contributed by atoms with Gasteiger partial charge < -0.3 is 49.3 Å². The number of hydrogen-bond acceptors (Lipinski definition) is 10. The number of carbonyl (C=O) groups is 4. The number of hydrogen-bond donors (Lipinski definition) is 2. The summed E-state index contributed by atoms with van der Waals surface area (Å²) in [5.41, 5.74) is 0.465. The maximum absolute atomic E-state index is 11.1. The maximum Gasteiger partial charge on any atom is 1.00 e. The number of para-hydroxylation sites is 4. The van der Waals surface area contributed by atoms with E-state index in [1.807, 2.05) is 0 Å². The number of aliphatic carboxylic acids is 4. The first-order chi connectivity index (χ1) is 16.2. The molecule has 0 atom stereocenters. The van der Waals surface area contributed by atoms with Crippen molar-refractivity contribution in [2.45, 2.75) is 0 Å². The van der Waals surface area contributed by atoms with Crippen LogP contribution in [0.3, 0.4) is 0 Å². The Morgan fingerprint density at radius 2 is 0.921 bits per heavy atom. The van der Waals surface area contributed by atoms with Gasteiger partial charge in [0.2, 0.25) is 0 Å². The number of carboxylic acid groups (broad SMARTS) is 4. The van der Waals surface area contributed by atoms with Crippen LogP contribution in [0.25, 0.3) is 0 Å². The topological polar surface area (TPSA) is 180 Å². The Balaban J connectivity index is -0.00000306. The molecule has 38 heavy (non-hydrogen) atoms. The number of benzene rings is 2. The SMILES string of the molecule is O=C([O-])CN(CC(=O)O)c1ccccc1OCCOc1ccccc1N(CC(=O)[O-])CC(=O)O.[Na+].[Na+].[Na+].[Na+]. The van der Waals surface area contributed by atoms with Crippen molar-refractivity contribution in [1.29, 1.82) is 0 Å². The Bertz CT molecular complexity index is 931. The molecule has 0 saturated carbocycles. The van der Waals surface area contributed by atoms with E-state index in [9.17, 15) is 29.4 Å². The minimum atomic E-state index is -1.46. The Morgan fingerprint density at radius 1 is 0.605 bits per heavy atom. The van der Waals surface area contributed by atoms with Gasteiger partial charge in [-0.1, -0.05) is 24.3 Å². The third-order valence-electron chi connectivity index (χ3n) is 4.30. The Hall–Kier alpha value is -0.480. The molecule has 0 aliphatic rings. The quantitative estimate of drug-likeness (QED) is 0.154. The van der Waals surface area contributed by atoms with Gasteiger partial charge in [0.1, 0.15) is 37.8 Å². The molecule has 2 N–H and O–H groups in total. The molecule has 182 valence electrons. The zero-order valence-corrected chi connectivity index (χ0v) is 29.9. The van der Waals surface area contributed by atoms with Crippen LogP contribution in [0.5, 0.6) is 11.5 Å². The van der Waals surface area contributed by atoms with E-state index in [1.165, 1.54) is 24.3 Å². The summed E-state index contributed by atoms with van der Waals surface area (Å²) in [5.74, 6) is -4.97. The van der Waals surface area contributed by atoms with Gasteiger partial charge >= 0.3 is 130 Å². The van der Waals surface area contributed by atoms with Gasteiger partial charge in [-0.05, 0) is 24.3 Å². The summed E-state index contributed by atoms with van der Waals surface area (Å²) in [6.07, 6.45) is 0. The van der Waals surface area contributed by atoms with Crippen LogP contribution >= 0.6 is 0 Å². The number of ether oxygens (including phenoxy) is 2. The minimum absolute atomic E-state index is 0. The predicted molar refractivity (Wildman–Crippen MR) is 114 cm³/mol. The first-order valence-corrected chi connectivity index (χ1v) is 9.94. The Morgan fingerprint density at radius 3 is 1.21 bits per heavy atom. The van der Waals surface area contributed by atoms with Crippen LogP contribution in [0.15, 0.2) is 48.5 Å². The molecule has 0 spiro atoms. The smallest absolute Gasteiger partial charge is 0.548 e. The van der Waals surface area contributed by atoms with Crippen molar-refractivity contribution in [1.82, 2.24) is 0 Å². The molecule has 0 radical (unpaired) electrons. The first-order valence-electron chi connectivity index (χ1n) is 9.94. The molecule has 2 rings (SSSR count). The second kappa shape index (κ2) is 22.2. The normalized spacial score (nSPS) is 9.16. The second-order valence-corrected chi connectivity index (χ2v) is 6.88. The van der Waals surface area contributed by atoms with Gasteiger partial charge in [-0.2, -0.15) is 0 Å². The molecule has 0 aliphatic carbocycles. The maximum atomic E-state index is 11.1. The largest absolute Gasteiger partial charge is 1.00 e. The van der Waals surface area contributed by atoms with Crippen LogP contribution in [0.2, 0.25) is 0 Å². The van der Waals surface area contributed by atoms with Gasteiger partial charge in [-0.3, -0.25) is 9.59 Å². The first kappa shape index (κ1) is 42.0. The van der Waals surface area contributed by atoms with Crippen LogP contribution in [0.1, 0.15) is 0 Å². The number of nitrogens with zero attached hydrogens (tertiary/aromatic N) is 2. The van der Waals surface area contributed by atoms with Crippen LogP contribution in [-0.4, -0.2) is 73.5 Å². The zero-order valence-electron chi connectivity index (χ0n) is 21.9. The Labute approximate surface area is 307 Å². The molecule has 2 aromatic rings. The standard InChI is InChI=1S/C22H24N2O10.4Na/c25-19(26)11-23(12-20(27)28)15-5-1-3-7-17(15)33-9-10-34-18-8-4-2-6-16(18)24(13-21(29)30)14-22(31)32;;;;/h1-8H,9-14H2,(H,25,26)(H,27,28)(H,29,30)(H,31,32);;;;/q;4*+1/p-2. The van der Waals surface area contributed by atoms with Gasteiger partial charge in [0.05, 0.1) is 36.4 Å². The van der Waals surface area contributed by atoms with Crippen LogP contribution in [-0.2, 0) is 19.2 Å². The monoisotopic (exact) mass is 566 g/mol. The van der Waals surface area contributed by atoms with Gasteiger partial charge in [-0.25, -0.2) is 0 Å². The Kier molecular flexibility index (Phi) is 24.6. The van der Waals surface area contributed by atoms with Crippen molar-refractivity contribution >= 4 is 35.3 Å². The molecule has 0 aliphatic heterocycles. The van der Waals surface area contributed by atoms with Crippen molar-refractivity contribution in [2.24, 2.45) is 0 Å². The number of carboxylic acids is 4. The molecular formula is C22H22N2Na4O10+2. The van der Waals surface area contributed by atoms with Gasteiger partial charge in [0, 0.05) is 0 Å². The van der Waals surface area contributed by atoms with E-state index in [2.05, 4.69) is 0 Å². The molecule has 0 aromatic heterocycles. The number of rotatable bonds is 15. The zero-order chi connectivity index (χ0) is 25.1. The van der Waals surface area contributed by atoms with Crippen molar-refractivity contribution in [3.05, 3.63) is 48.5 Å². The molecular weight excluding hydrogens is 544 g/mol. The summed E-state index contributed by atoms with van der Waals surface area (Å²) < 4.78 is 11.3. The summed E-state index contributed by atoms with van der Waals surface area (Å²) in [5, 5.41) is 40.2.